The second kappa shape index (κ2) is 3.84. The van der Waals surface area contributed by atoms with E-state index >= 15 is 0 Å². The molecule has 0 spiro atoms. The van der Waals surface area contributed by atoms with E-state index in [2.05, 4.69) is 20.6 Å². The van der Waals surface area contributed by atoms with Crippen molar-refractivity contribution < 1.29 is 9.18 Å². The molecule has 1 amide bonds. The van der Waals surface area contributed by atoms with Gasteiger partial charge in [0.25, 0.3) is 5.91 Å². The predicted molar refractivity (Wildman–Crippen MR) is 61.2 cm³/mol. The summed E-state index contributed by atoms with van der Waals surface area (Å²) in [4.78, 5) is 27.4. The molecule has 0 atom stereocenters. The molecule has 0 saturated heterocycles. The van der Waals surface area contributed by atoms with E-state index < -0.39 is 17.4 Å². The molecular weight excluding hydrogens is 255 g/mol. The van der Waals surface area contributed by atoms with Crippen molar-refractivity contribution in [1.29, 1.82) is 0 Å². The van der Waals surface area contributed by atoms with Gasteiger partial charge in [-0.2, -0.15) is 4.68 Å². The number of carbonyl (C=O) groups is 1. The summed E-state index contributed by atoms with van der Waals surface area (Å²) in [6.07, 6.45) is 2.49. The number of alkyl halides is 1. The first-order chi connectivity index (χ1) is 9.00. The van der Waals surface area contributed by atoms with Crippen LogP contribution in [0, 0.1) is 0 Å². The van der Waals surface area contributed by atoms with Crippen LogP contribution < -0.4 is 11.0 Å². The minimum Gasteiger partial charge on any atom is -0.318 e. The number of amides is 1. The number of nitrogens with one attached hydrogen (secondary N) is 1. The molecule has 1 N–H and O–H groups in total. The molecule has 8 nitrogen and oxygen atoms in total. The number of hydrogen-bond donors (Lipinski definition) is 1. The molecule has 19 heavy (non-hydrogen) atoms. The van der Waals surface area contributed by atoms with E-state index in [4.69, 9.17) is 0 Å². The molecule has 1 fully saturated rings. The third-order valence-corrected chi connectivity index (χ3v) is 3.20. The van der Waals surface area contributed by atoms with Crippen LogP contribution in [0.25, 0.3) is 5.65 Å². The quantitative estimate of drug-likeness (QED) is 0.733. The van der Waals surface area contributed by atoms with E-state index in [1.165, 1.54) is 13.4 Å². The van der Waals surface area contributed by atoms with Crippen LogP contribution in [0.2, 0.25) is 0 Å². The van der Waals surface area contributed by atoms with Gasteiger partial charge in [0.1, 0.15) is 6.33 Å². The maximum Gasteiger partial charge on any atom is 0.352 e. The van der Waals surface area contributed by atoms with Crippen LogP contribution in [0.15, 0.2) is 11.1 Å². The molecule has 1 saturated carbocycles. The molecule has 0 unspecified atom stereocenters. The lowest BCUT2D eigenvalue weighted by Gasteiger charge is -2.34. The summed E-state index contributed by atoms with van der Waals surface area (Å²) in [5, 5.41) is 9.56. The normalized spacial score (nSPS) is 17.2. The average Bonchev–Trinajstić information content (AvgIpc) is 2.76. The van der Waals surface area contributed by atoms with Crippen molar-refractivity contribution in [2.75, 3.05) is 0 Å². The monoisotopic (exact) mass is 266 g/mol. The van der Waals surface area contributed by atoms with Crippen molar-refractivity contribution in [1.82, 2.24) is 29.7 Å². The van der Waals surface area contributed by atoms with E-state index in [0.29, 0.717) is 0 Å². The molecule has 1 aliphatic carbocycles. The fourth-order valence-electron chi connectivity index (χ4n) is 1.92. The summed E-state index contributed by atoms with van der Waals surface area (Å²) in [6, 6.07) is 0. The fraction of sp³-hybridized carbons (Fsp3) is 0.500. The van der Waals surface area contributed by atoms with Gasteiger partial charge >= 0.3 is 5.69 Å². The first-order valence-corrected chi connectivity index (χ1v) is 5.79. The van der Waals surface area contributed by atoms with Crippen LogP contribution in [0.4, 0.5) is 4.39 Å². The van der Waals surface area contributed by atoms with E-state index in [1.54, 1.807) is 0 Å². The molecule has 9 heteroatoms. The molecule has 1 aliphatic rings. The number of aryl methyl sites for hydroxylation is 1. The van der Waals surface area contributed by atoms with Crippen LogP contribution in [0.3, 0.4) is 0 Å². The highest BCUT2D eigenvalue weighted by Gasteiger charge is 2.39. The van der Waals surface area contributed by atoms with Crippen LogP contribution in [-0.4, -0.2) is 36.1 Å². The number of imidazole rings is 1. The first kappa shape index (κ1) is 11.8. The highest BCUT2D eigenvalue weighted by atomic mass is 19.1. The minimum atomic E-state index is -1.67. The van der Waals surface area contributed by atoms with Gasteiger partial charge in [0, 0.05) is 19.9 Å². The summed E-state index contributed by atoms with van der Waals surface area (Å²) in [5.41, 5.74) is -0.562. The van der Waals surface area contributed by atoms with Gasteiger partial charge in [0.2, 0.25) is 0 Å². The molecule has 3 rings (SSSR count). The largest absolute Gasteiger partial charge is 0.352 e. The van der Waals surface area contributed by atoms with Crippen molar-refractivity contribution in [3.8, 4) is 0 Å². The Labute approximate surface area is 106 Å². The molecule has 0 radical (unpaired) electrons. The smallest absolute Gasteiger partial charge is 0.318 e. The molecule has 0 aliphatic heterocycles. The maximum absolute atomic E-state index is 13.8. The SMILES string of the molecule is Cn1nnc2c(C(=O)NC3(F)CCC3)ncn2c1=O. The summed E-state index contributed by atoms with van der Waals surface area (Å²) in [5.74, 6) is -2.35. The zero-order valence-electron chi connectivity index (χ0n) is 10.1. The summed E-state index contributed by atoms with van der Waals surface area (Å²) in [7, 11) is 1.43. The fourth-order valence-corrected chi connectivity index (χ4v) is 1.92. The Hall–Kier alpha value is -2.32. The van der Waals surface area contributed by atoms with Gasteiger partial charge < -0.3 is 5.32 Å². The average molecular weight is 266 g/mol. The van der Waals surface area contributed by atoms with Crippen molar-refractivity contribution in [3.63, 3.8) is 0 Å². The summed E-state index contributed by atoms with van der Waals surface area (Å²) < 4.78 is 15.9. The highest BCUT2D eigenvalue weighted by Crippen LogP contribution is 2.33. The Morgan fingerprint density at radius 1 is 1.53 bits per heavy atom. The zero-order chi connectivity index (χ0) is 13.6. The lowest BCUT2D eigenvalue weighted by molar-refractivity contribution is 0.0238. The maximum atomic E-state index is 13.8. The van der Waals surface area contributed by atoms with Gasteiger partial charge in [-0.05, 0) is 6.42 Å². The second-order valence-electron chi connectivity index (χ2n) is 4.56. The molecule has 0 aromatic carbocycles. The Balaban J connectivity index is 1.99. The first-order valence-electron chi connectivity index (χ1n) is 5.79. The minimum absolute atomic E-state index is 0.0172. The number of rotatable bonds is 2. The number of hydrogen-bond acceptors (Lipinski definition) is 5. The molecule has 100 valence electrons. The Morgan fingerprint density at radius 2 is 2.26 bits per heavy atom. The van der Waals surface area contributed by atoms with E-state index in [0.717, 1.165) is 15.5 Å². The topological polar surface area (TPSA) is 94.2 Å². The number of nitrogens with zero attached hydrogens (tertiary/aromatic N) is 5. The van der Waals surface area contributed by atoms with Crippen LogP contribution in [0.5, 0.6) is 0 Å². The van der Waals surface area contributed by atoms with Crippen molar-refractivity contribution in [2.45, 2.75) is 25.1 Å². The van der Waals surface area contributed by atoms with E-state index in [1.807, 2.05) is 0 Å². The number of carbonyl (C=O) groups excluding carboxylic acids is 1. The Bertz CT molecular complexity index is 716. The summed E-state index contributed by atoms with van der Waals surface area (Å²) in [6.45, 7) is 0. The Morgan fingerprint density at radius 3 is 2.89 bits per heavy atom. The molecule has 2 aromatic rings. The zero-order valence-corrected chi connectivity index (χ0v) is 10.1. The standard InChI is InChI=1S/C10H11FN6O2/c1-16-9(19)17-5-12-6(7(17)14-15-16)8(18)13-10(11)3-2-4-10/h5H,2-4H2,1H3,(H,13,18). The third-order valence-electron chi connectivity index (χ3n) is 3.20. The van der Waals surface area contributed by atoms with Crippen LogP contribution in [0.1, 0.15) is 29.8 Å². The van der Waals surface area contributed by atoms with Gasteiger partial charge in [0.05, 0.1) is 0 Å². The summed E-state index contributed by atoms with van der Waals surface area (Å²) >= 11 is 0. The van der Waals surface area contributed by atoms with Crippen molar-refractivity contribution in [3.05, 3.63) is 22.5 Å². The van der Waals surface area contributed by atoms with Gasteiger partial charge in [-0.25, -0.2) is 18.6 Å². The number of aromatic nitrogens is 5. The third kappa shape index (κ3) is 1.77. The van der Waals surface area contributed by atoms with Gasteiger partial charge in [-0.1, -0.05) is 5.21 Å². The van der Waals surface area contributed by atoms with Crippen LogP contribution >= 0.6 is 0 Å². The second-order valence-corrected chi connectivity index (χ2v) is 4.56. The number of halogens is 1. The predicted octanol–water partition coefficient (Wildman–Crippen LogP) is -0.598. The van der Waals surface area contributed by atoms with E-state index in [9.17, 15) is 14.0 Å². The number of fused-ring (bicyclic) bond motifs is 1. The highest BCUT2D eigenvalue weighted by molar-refractivity contribution is 5.98. The molecule has 2 aromatic heterocycles. The lowest BCUT2D eigenvalue weighted by atomic mass is 9.90. The van der Waals surface area contributed by atoms with Crippen molar-refractivity contribution in [2.24, 2.45) is 7.05 Å². The molecular formula is C10H11FN6O2. The lowest BCUT2D eigenvalue weighted by Crippen LogP contribution is -2.49. The van der Waals surface area contributed by atoms with Crippen molar-refractivity contribution >= 4 is 11.6 Å². The van der Waals surface area contributed by atoms with Gasteiger partial charge in [-0.15, -0.1) is 5.10 Å². The Kier molecular flexibility index (Phi) is 2.37. The van der Waals surface area contributed by atoms with Gasteiger partial charge in [-0.3, -0.25) is 4.79 Å². The van der Waals surface area contributed by atoms with E-state index in [-0.39, 0.29) is 24.2 Å². The van der Waals surface area contributed by atoms with Crippen LogP contribution in [-0.2, 0) is 7.05 Å². The van der Waals surface area contributed by atoms with Gasteiger partial charge in [0.15, 0.2) is 17.1 Å². The molecule has 2 heterocycles. The molecule has 0 bridgehead atoms.